The summed E-state index contributed by atoms with van der Waals surface area (Å²) in [6.07, 6.45) is 0.753. The molecule has 14 heavy (non-hydrogen) atoms. The van der Waals surface area contributed by atoms with Crippen LogP contribution in [-0.4, -0.2) is 11.1 Å². The van der Waals surface area contributed by atoms with E-state index in [1.165, 1.54) is 0 Å². The molecule has 0 aliphatic carbocycles. The molecular weight excluding hydrogens is 174 g/mol. The third kappa shape index (κ3) is 5.69. The lowest BCUT2D eigenvalue weighted by atomic mass is 9.93. The van der Waals surface area contributed by atoms with Crippen LogP contribution in [0.1, 0.15) is 48.0 Å². The van der Waals surface area contributed by atoms with Crippen molar-refractivity contribution in [1.82, 2.24) is 0 Å². The first-order chi connectivity index (χ1) is 6.18. The van der Waals surface area contributed by atoms with E-state index >= 15 is 0 Å². The standard InChI is InChI=1S/C11H21N3/c1-9(2)7-11(6,8-12)14-13-10(3,4)5/h9H,7H2,1-6H3/t11-/m0/s1. The monoisotopic (exact) mass is 195 g/mol. The molecule has 0 unspecified atom stereocenters. The topological polar surface area (TPSA) is 48.5 Å². The van der Waals surface area contributed by atoms with Gasteiger partial charge < -0.3 is 0 Å². The first kappa shape index (κ1) is 13.1. The van der Waals surface area contributed by atoms with Crippen LogP contribution in [0, 0.1) is 17.2 Å². The molecule has 0 fully saturated rings. The summed E-state index contributed by atoms with van der Waals surface area (Å²) in [5, 5.41) is 17.3. The zero-order chi connectivity index (χ0) is 11.4. The Morgan fingerprint density at radius 3 is 1.93 bits per heavy atom. The molecule has 0 rings (SSSR count). The summed E-state index contributed by atoms with van der Waals surface area (Å²) < 4.78 is 0. The van der Waals surface area contributed by atoms with E-state index in [9.17, 15) is 0 Å². The van der Waals surface area contributed by atoms with Gasteiger partial charge in [0, 0.05) is 0 Å². The van der Waals surface area contributed by atoms with E-state index in [1.54, 1.807) is 0 Å². The zero-order valence-corrected chi connectivity index (χ0v) is 10.1. The van der Waals surface area contributed by atoms with Crippen LogP contribution in [0.15, 0.2) is 10.2 Å². The number of nitrogens with zero attached hydrogens (tertiary/aromatic N) is 3. The first-order valence-corrected chi connectivity index (χ1v) is 5.04. The highest BCUT2D eigenvalue weighted by molar-refractivity contribution is 5.03. The van der Waals surface area contributed by atoms with Crippen molar-refractivity contribution in [2.75, 3.05) is 0 Å². The summed E-state index contributed by atoms with van der Waals surface area (Å²) in [6, 6.07) is 2.22. The highest BCUT2D eigenvalue weighted by atomic mass is 15.2. The van der Waals surface area contributed by atoms with Gasteiger partial charge in [-0.15, -0.1) is 0 Å². The highest BCUT2D eigenvalue weighted by Gasteiger charge is 2.25. The molecular formula is C11H21N3. The molecule has 0 saturated heterocycles. The average molecular weight is 195 g/mol. The van der Waals surface area contributed by atoms with Gasteiger partial charge in [-0.25, -0.2) is 0 Å². The third-order valence-corrected chi connectivity index (χ3v) is 1.62. The largest absolute Gasteiger partial charge is 0.196 e. The van der Waals surface area contributed by atoms with E-state index in [0.717, 1.165) is 6.42 Å². The molecule has 0 bridgehead atoms. The van der Waals surface area contributed by atoms with Crippen molar-refractivity contribution in [3.05, 3.63) is 0 Å². The van der Waals surface area contributed by atoms with Gasteiger partial charge in [-0.1, -0.05) is 13.8 Å². The molecule has 0 radical (unpaired) electrons. The van der Waals surface area contributed by atoms with Gasteiger partial charge in [0.15, 0.2) is 5.54 Å². The normalized spacial score (nSPS) is 17.0. The Bertz CT molecular complexity index is 242. The Morgan fingerprint density at radius 2 is 1.64 bits per heavy atom. The minimum absolute atomic E-state index is 0.199. The van der Waals surface area contributed by atoms with E-state index in [-0.39, 0.29) is 5.54 Å². The van der Waals surface area contributed by atoms with Gasteiger partial charge in [-0.05, 0) is 40.0 Å². The molecule has 0 saturated carbocycles. The van der Waals surface area contributed by atoms with Crippen LogP contribution < -0.4 is 0 Å². The van der Waals surface area contributed by atoms with Crippen molar-refractivity contribution >= 4 is 0 Å². The highest BCUT2D eigenvalue weighted by Crippen LogP contribution is 2.22. The Hall–Kier alpha value is -0.910. The second-order valence-corrected chi connectivity index (χ2v) is 5.35. The summed E-state index contributed by atoms with van der Waals surface area (Å²) in [5.74, 6) is 0.457. The fourth-order valence-corrected chi connectivity index (χ4v) is 1.16. The SMILES string of the molecule is CC(C)C[C@@](C)(C#N)N=NC(C)(C)C. The minimum Gasteiger partial charge on any atom is -0.196 e. The Morgan fingerprint density at radius 1 is 1.14 bits per heavy atom. The van der Waals surface area contributed by atoms with Crippen molar-refractivity contribution in [3.63, 3.8) is 0 Å². The second-order valence-electron chi connectivity index (χ2n) is 5.35. The molecule has 0 N–H and O–H groups in total. The molecule has 1 atom stereocenters. The van der Waals surface area contributed by atoms with Crippen LogP contribution in [0.5, 0.6) is 0 Å². The van der Waals surface area contributed by atoms with E-state index in [4.69, 9.17) is 5.26 Å². The number of nitriles is 1. The van der Waals surface area contributed by atoms with Crippen molar-refractivity contribution in [2.45, 2.75) is 59.0 Å². The van der Waals surface area contributed by atoms with Crippen LogP contribution in [0.4, 0.5) is 0 Å². The molecule has 0 spiro atoms. The lowest BCUT2D eigenvalue weighted by Crippen LogP contribution is -2.23. The summed E-state index contributed by atoms with van der Waals surface area (Å²) in [4.78, 5) is 0. The van der Waals surface area contributed by atoms with Crippen molar-refractivity contribution < 1.29 is 0 Å². The molecule has 0 aliphatic rings. The molecule has 3 heteroatoms. The van der Waals surface area contributed by atoms with Gasteiger partial charge in [0.2, 0.25) is 0 Å². The summed E-state index contributed by atoms with van der Waals surface area (Å²) in [5.41, 5.74) is -0.865. The maximum atomic E-state index is 9.03. The fraction of sp³-hybridized carbons (Fsp3) is 0.909. The Balaban J connectivity index is 4.58. The molecule has 0 aromatic heterocycles. The van der Waals surface area contributed by atoms with Crippen LogP contribution in [0.25, 0.3) is 0 Å². The summed E-state index contributed by atoms with van der Waals surface area (Å²) in [7, 11) is 0. The molecule has 0 heterocycles. The van der Waals surface area contributed by atoms with Gasteiger partial charge in [-0.2, -0.15) is 15.5 Å². The van der Waals surface area contributed by atoms with Crippen LogP contribution in [-0.2, 0) is 0 Å². The van der Waals surface area contributed by atoms with E-state index in [1.807, 2.05) is 27.7 Å². The number of rotatable bonds is 3. The quantitative estimate of drug-likeness (QED) is 0.635. The number of azo groups is 1. The average Bonchev–Trinajstić information content (AvgIpc) is 1.99. The van der Waals surface area contributed by atoms with Crippen molar-refractivity contribution in [3.8, 4) is 6.07 Å². The molecule has 0 aromatic rings. The molecule has 3 nitrogen and oxygen atoms in total. The van der Waals surface area contributed by atoms with Gasteiger partial charge in [-0.3, -0.25) is 0 Å². The predicted octanol–water partition coefficient (Wildman–Crippen LogP) is 3.57. The number of hydrogen-bond acceptors (Lipinski definition) is 3. The lowest BCUT2D eigenvalue weighted by Gasteiger charge is -2.19. The summed E-state index contributed by atoms with van der Waals surface area (Å²) in [6.45, 7) is 11.9. The van der Waals surface area contributed by atoms with E-state index in [0.29, 0.717) is 5.92 Å². The number of hydrogen-bond donors (Lipinski definition) is 0. The summed E-state index contributed by atoms with van der Waals surface area (Å²) >= 11 is 0. The third-order valence-electron chi connectivity index (χ3n) is 1.62. The molecule has 0 aromatic carbocycles. The van der Waals surface area contributed by atoms with Crippen LogP contribution in [0.3, 0.4) is 0 Å². The van der Waals surface area contributed by atoms with Crippen molar-refractivity contribution in [1.29, 1.82) is 5.26 Å². The lowest BCUT2D eigenvalue weighted by molar-refractivity contribution is 0.407. The van der Waals surface area contributed by atoms with Gasteiger partial charge in [0.05, 0.1) is 11.6 Å². The van der Waals surface area contributed by atoms with Crippen LogP contribution >= 0.6 is 0 Å². The minimum atomic E-state index is -0.665. The zero-order valence-electron chi connectivity index (χ0n) is 10.1. The van der Waals surface area contributed by atoms with Crippen molar-refractivity contribution in [2.24, 2.45) is 16.1 Å². The fourth-order valence-electron chi connectivity index (χ4n) is 1.16. The maximum Gasteiger partial charge on any atom is 0.164 e. The molecule has 0 aliphatic heterocycles. The Labute approximate surface area is 87.2 Å². The van der Waals surface area contributed by atoms with E-state index < -0.39 is 5.54 Å². The second kappa shape index (κ2) is 4.54. The van der Waals surface area contributed by atoms with Gasteiger partial charge >= 0.3 is 0 Å². The first-order valence-electron chi connectivity index (χ1n) is 5.04. The van der Waals surface area contributed by atoms with Gasteiger partial charge in [0.25, 0.3) is 0 Å². The van der Waals surface area contributed by atoms with E-state index in [2.05, 4.69) is 30.1 Å². The smallest absolute Gasteiger partial charge is 0.164 e. The van der Waals surface area contributed by atoms with Crippen LogP contribution in [0.2, 0.25) is 0 Å². The predicted molar refractivity (Wildman–Crippen MR) is 58.1 cm³/mol. The Kier molecular flexibility index (Phi) is 4.25. The maximum absolute atomic E-state index is 9.03. The molecule has 0 amide bonds. The van der Waals surface area contributed by atoms with Gasteiger partial charge in [0.1, 0.15) is 0 Å². The molecule has 80 valence electrons.